The van der Waals surface area contributed by atoms with Gasteiger partial charge in [0.1, 0.15) is 165 Å². The lowest BCUT2D eigenvalue weighted by molar-refractivity contribution is -0.395. The van der Waals surface area contributed by atoms with E-state index in [1.165, 1.54) is 6.92 Å². The van der Waals surface area contributed by atoms with Crippen molar-refractivity contribution in [2.24, 2.45) is 0 Å². The Hall–Kier alpha value is -2.87. The summed E-state index contributed by atoms with van der Waals surface area (Å²) in [7, 11) is 0. The Balaban J connectivity index is 1.21. The molecule has 0 radical (unpaired) electrons. The molecule has 7 aliphatic rings. The van der Waals surface area contributed by atoms with Gasteiger partial charge in [-0.15, -0.1) is 0 Å². The number of ether oxygens (including phenoxy) is 13. The van der Waals surface area contributed by atoms with Crippen LogP contribution in [0.1, 0.15) is 27.7 Å². The number of carbonyl (C=O) groups excluding carboxylic acids is 3. The van der Waals surface area contributed by atoms with Crippen LogP contribution in [0.2, 0.25) is 0 Å². The number of aliphatic hydroxyl groups excluding tert-OH is 19. The van der Waals surface area contributed by atoms with E-state index in [0.29, 0.717) is 0 Å². The summed E-state index contributed by atoms with van der Waals surface area (Å²) < 4.78 is 76.3. The van der Waals surface area contributed by atoms with Crippen LogP contribution >= 0.6 is 0 Å². The number of aliphatic hydroxyl groups is 19. The van der Waals surface area contributed by atoms with Gasteiger partial charge < -0.3 is 175 Å². The Bertz CT molecular complexity index is 2170. The standard InChI is InChI=1S/C48H81N3O35/c1-11-24(60)31(67)35(71)46(75-11)84-39-23(51-14(4)59)42(73)76-19(9-56)38(39)83-44-22(50-13(3)58)30(66)37(18(8-55)80-44)82-47-36(72)40(28(64)20(81-47)10-74-45-34(70)32(68)26(62)16(6-53)78-45)85-48-41(33(69)27(63)17(7-54)79-48)86-43-21(49-12(2)57)29(65)25(61)15(5-52)77-43/h11,15-48,52-56,60-73H,5-10H2,1-4H3,(H,49,57)(H,50,58)(H,51,59)/t11-,15+,16+,17+,18+,19+,20+,21+,22+,23+,24+,25+,26+,27+,28+,29+,30+,31+,32-,33-,34-,35-,36-,37+,38+,39+,40-,41-,42+,43-,44-,45-,46-,47-,48+/m0/s1. The molecule has 0 saturated carbocycles. The van der Waals surface area contributed by atoms with E-state index in [1.54, 1.807) is 0 Å². The second-order valence-corrected chi connectivity index (χ2v) is 21.8. The van der Waals surface area contributed by atoms with Crippen molar-refractivity contribution in [3.8, 4) is 0 Å². The van der Waals surface area contributed by atoms with Gasteiger partial charge >= 0.3 is 0 Å². The highest BCUT2D eigenvalue weighted by Gasteiger charge is 2.59. The van der Waals surface area contributed by atoms with Gasteiger partial charge in [-0.3, -0.25) is 14.4 Å². The average Bonchev–Trinajstić information content (AvgIpc) is 0.872. The molecule has 38 nitrogen and oxygen atoms in total. The molecule has 498 valence electrons. The van der Waals surface area contributed by atoms with Crippen molar-refractivity contribution in [3.63, 3.8) is 0 Å². The van der Waals surface area contributed by atoms with E-state index in [4.69, 9.17) is 61.6 Å². The Labute approximate surface area is 488 Å². The fourth-order valence-corrected chi connectivity index (χ4v) is 11.0. The van der Waals surface area contributed by atoms with Crippen LogP contribution in [-0.4, -0.2) is 369 Å². The molecule has 0 aromatic carbocycles. The number of carbonyl (C=O) groups is 3. The molecular formula is C48H81N3O35. The quantitative estimate of drug-likeness (QED) is 0.0507. The summed E-state index contributed by atoms with van der Waals surface area (Å²) in [5.41, 5.74) is 0. The summed E-state index contributed by atoms with van der Waals surface area (Å²) in [4.78, 5) is 37.8. The highest BCUT2D eigenvalue weighted by atomic mass is 16.8. The smallest absolute Gasteiger partial charge is 0.217 e. The maximum Gasteiger partial charge on any atom is 0.217 e. The Morgan fingerprint density at radius 3 is 1.28 bits per heavy atom. The molecule has 0 unspecified atom stereocenters. The molecule has 0 bridgehead atoms. The minimum atomic E-state index is -2.40. The summed E-state index contributed by atoms with van der Waals surface area (Å²) in [6.45, 7) is -1.71. The lowest BCUT2D eigenvalue weighted by atomic mass is 9.93. The number of hydrogen-bond acceptors (Lipinski definition) is 35. The van der Waals surface area contributed by atoms with E-state index >= 15 is 0 Å². The molecule has 0 aliphatic carbocycles. The molecule has 22 N–H and O–H groups in total. The van der Waals surface area contributed by atoms with Crippen LogP contribution in [-0.2, 0) is 76.0 Å². The SMILES string of the molecule is CC(=O)N[C@@H]1[C@@H](O[C@@H]2O[C@@H](C)[C@@H](O)[C@@H](O)[C@@H]2O)[C@H](O[C@@H]2O[C@H](CO)[C@@H](O[C@@H]3O[C@H](CO[C@H]4O[C@H](CO)[C@@H](O)[C@H](O)[C@@H]4O)[C@@H](O)[C@H](O[C@H]4O[C@H](CO)[C@@H](O)[C@H](O)[C@@H]4O[C@@H]4O[C@H](CO)[C@@H](O)[C@H](O)[C@H]4NC(C)=O)[C@@H]3O)[C@H](O)[C@H]2NC(C)=O)[C@@H](CO)O[C@H]1O. The van der Waals surface area contributed by atoms with Crippen molar-refractivity contribution >= 4 is 17.7 Å². The van der Waals surface area contributed by atoms with Gasteiger partial charge in [-0.1, -0.05) is 0 Å². The van der Waals surface area contributed by atoms with Gasteiger partial charge in [0, 0.05) is 20.8 Å². The first-order valence-corrected chi connectivity index (χ1v) is 27.5. The van der Waals surface area contributed by atoms with Crippen LogP contribution in [0.5, 0.6) is 0 Å². The van der Waals surface area contributed by atoms with Crippen molar-refractivity contribution in [1.29, 1.82) is 0 Å². The molecule has 7 fully saturated rings. The zero-order valence-electron chi connectivity index (χ0n) is 46.5. The molecule has 38 heteroatoms. The van der Waals surface area contributed by atoms with Gasteiger partial charge in [-0.2, -0.15) is 0 Å². The summed E-state index contributed by atoms with van der Waals surface area (Å²) in [5.74, 6) is -2.52. The summed E-state index contributed by atoms with van der Waals surface area (Å²) >= 11 is 0. The topological polar surface area (TPSA) is 592 Å². The second kappa shape index (κ2) is 30.5. The third-order valence-corrected chi connectivity index (χ3v) is 15.7. The first kappa shape index (κ1) is 70.6. The number of nitrogens with one attached hydrogen (secondary N) is 3. The predicted octanol–water partition coefficient (Wildman–Crippen LogP) is -14.8. The first-order chi connectivity index (χ1) is 40.6. The zero-order valence-corrected chi connectivity index (χ0v) is 46.5. The molecule has 7 heterocycles. The molecular weight excluding hydrogens is 1180 g/mol. The molecule has 7 aliphatic heterocycles. The van der Waals surface area contributed by atoms with Gasteiger partial charge in [-0.05, 0) is 6.92 Å². The molecule has 0 aromatic heterocycles. The van der Waals surface area contributed by atoms with Gasteiger partial charge in [0.05, 0.1) is 45.7 Å². The maximum atomic E-state index is 13.0. The largest absolute Gasteiger partial charge is 0.394 e. The van der Waals surface area contributed by atoms with Gasteiger partial charge in [0.15, 0.2) is 44.0 Å². The molecule has 0 spiro atoms. The number of hydrogen-bond donors (Lipinski definition) is 22. The highest BCUT2D eigenvalue weighted by Crippen LogP contribution is 2.38. The summed E-state index contributed by atoms with van der Waals surface area (Å²) in [6.07, 6.45) is -62.1. The van der Waals surface area contributed by atoms with Crippen LogP contribution in [0.4, 0.5) is 0 Å². The first-order valence-electron chi connectivity index (χ1n) is 27.5. The van der Waals surface area contributed by atoms with Crippen LogP contribution < -0.4 is 16.0 Å². The summed E-state index contributed by atoms with van der Waals surface area (Å²) in [5, 5.41) is 214. The van der Waals surface area contributed by atoms with Crippen molar-refractivity contribution in [1.82, 2.24) is 16.0 Å². The molecule has 7 rings (SSSR count). The normalized spacial score (nSPS) is 49.4. The molecule has 86 heavy (non-hydrogen) atoms. The number of amides is 3. The molecule has 7 saturated heterocycles. The highest BCUT2D eigenvalue weighted by molar-refractivity contribution is 5.74. The molecule has 35 atom stereocenters. The fraction of sp³-hybridized carbons (Fsp3) is 0.938. The minimum Gasteiger partial charge on any atom is -0.394 e. The fourth-order valence-electron chi connectivity index (χ4n) is 11.0. The minimum absolute atomic E-state index is 0.799. The van der Waals surface area contributed by atoms with Crippen LogP contribution in [0.15, 0.2) is 0 Å². The third-order valence-electron chi connectivity index (χ3n) is 15.7. The van der Waals surface area contributed by atoms with Crippen molar-refractivity contribution in [2.75, 3.05) is 39.6 Å². The molecule has 0 aromatic rings. The van der Waals surface area contributed by atoms with Crippen LogP contribution in [0, 0.1) is 0 Å². The Kier molecular flexibility index (Phi) is 25.0. The van der Waals surface area contributed by atoms with E-state index in [-0.39, 0.29) is 0 Å². The Morgan fingerprint density at radius 1 is 0.326 bits per heavy atom. The van der Waals surface area contributed by atoms with E-state index in [2.05, 4.69) is 16.0 Å². The zero-order chi connectivity index (χ0) is 63.5. The van der Waals surface area contributed by atoms with Crippen molar-refractivity contribution in [3.05, 3.63) is 0 Å². The third kappa shape index (κ3) is 15.4. The van der Waals surface area contributed by atoms with Crippen LogP contribution in [0.25, 0.3) is 0 Å². The molecule has 3 amide bonds. The maximum absolute atomic E-state index is 13.0. The predicted molar refractivity (Wildman–Crippen MR) is 265 cm³/mol. The van der Waals surface area contributed by atoms with Gasteiger partial charge in [0.2, 0.25) is 17.7 Å². The van der Waals surface area contributed by atoms with E-state index in [0.717, 1.165) is 20.8 Å². The lowest BCUT2D eigenvalue weighted by Crippen LogP contribution is -2.71. The van der Waals surface area contributed by atoms with Crippen molar-refractivity contribution < 1.29 is 173 Å². The van der Waals surface area contributed by atoms with Gasteiger partial charge in [-0.25, -0.2) is 0 Å². The monoisotopic (exact) mass is 1260 g/mol. The van der Waals surface area contributed by atoms with Crippen molar-refractivity contribution in [2.45, 2.75) is 242 Å². The second-order valence-electron chi connectivity index (χ2n) is 21.8. The van der Waals surface area contributed by atoms with E-state index < -0.39 is 272 Å². The average molecular weight is 1260 g/mol. The van der Waals surface area contributed by atoms with E-state index in [1.807, 2.05) is 0 Å². The number of rotatable bonds is 21. The Morgan fingerprint density at radius 2 is 0.721 bits per heavy atom. The van der Waals surface area contributed by atoms with Gasteiger partial charge in [0.25, 0.3) is 0 Å². The lowest BCUT2D eigenvalue weighted by Gasteiger charge is -2.51. The summed E-state index contributed by atoms with van der Waals surface area (Å²) in [6, 6.07) is -5.25. The van der Waals surface area contributed by atoms with E-state index in [9.17, 15) is 111 Å². The van der Waals surface area contributed by atoms with Crippen LogP contribution in [0.3, 0.4) is 0 Å².